The average molecular weight is 415 g/mol. The zero-order chi connectivity index (χ0) is 21.0. The molecular weight excluding hydrogens is 376 g/mol. The Hall–Kier alpha value is -0.693. The van der Waals surface area contributed by atoms with Crippen molar-refractivity contribution in [2.45, 2.75) is 96.4 Å². The van der Waals surface area contributed by atoms with Crippen molar-refractivity contribution in [1.82, 2.24) is 0 Å². The lowest BCUT2D eigenvalue weighted by atomic mass is 9.88. The molecular formula is C21H38O4SSi. The molecule has 1 unspecified atom stereocenters. The Labute approximate surface area is 167 Å². The van der Waals surface area contributed by atoms with Crippen molar-refractivity contribution in [3.63, 3.8) is 0 Å². The molecule has 0 aromatic heterocycles. The second kappa shape index (κ2) is 9.20. The van der Waals surface area contributed by atoms with E-state index in [1.54, 1.807) is 19.1 Å². The molecule has 0 saturated carbocycles. The zero-order valence-electron chi connectivity index (χ0n) is 18.3. The van der Waals surface area contributed by atoms with Crippen LogP contribution in [0, 0.1) is 12.8 Å². The van der Waals surface area contributed by atoms with Crippen LogP contribution in [0.3, 0.4) is 0 Å². The second-order valence-electron chi connectivity index (χ2n) is 9.14. The summed E-state index contributed by atoms with van der Waals surface area (Å²) in [7, 11) is -6.32. The Balaban J connectivity index is 3.49. The van der Waals surface area contributed by atoms with Crippen LogP contribution in [0.4, 0.5) is 0 Å². The maximum absolute atomic E-state index is 11.8. The van der Waals surface area contributed by atoms with Crippen molar-refractivity contribution in [2.24, 2.45) is 5.92 Å². The molecule has 0 saturated heterocycles. The van der Waals surface area contributed by atoms with Crippen molar-refractivity contribution in [3.05, 3.63) is 29.3 Å². The fraction of sp³-hybridized carbons (Fsp3) is 0.714. The van der Waals surface area contributed by atoms with Crippen molar-refractivity contribution in [3.8, 4) is 0 Å². The first-order valence-corrected chi connectivity index (χ1v) is 14.3. The van der Waals surface area contributed by atoms with Gasteiger partial charge in [-0.3, -0.25) is 4.55 Å². The van der Waals surface area contributed by atoms with Crippen LogP contribution in [0.5, 0.6) is 0 Å². The van der Waals surface area contributed by atoms with Gasteiger partial charge >= 0.3 is 0 Å². The molecule has 6 heteroatoms. The maximum atomic E-state index is 11.8. The minimum absolute atomic E-state index is 0.0180. The van der Waals surface area contributed by atoms with Gasteiger partial charge in [-0.1, -0.05) is 59.6 Å². The Morgan fingerprint density at radius 3 is 2.04 bits per heavy atom. The largest absolute Gasteiger partial charge is 0.410 e. The molecule has 4 nitrogen and oxygen atoms in total. The molecule has 1 atom stereocenters. The summed E-state index contributed by atoms with van der Waals surface area (Å²) in [6, 6.07) is 5.34. The molecule has 1 N–H and O–H groups in total. The zero-order valence-corrected chi connectivity index (χ0v) is 20.1. The van der Waals surface area contributed by atoms with Crippen molar-refractivity contribution < 1.29 is 17.4 Å². The Bertz CT molecular complexity index is 714. The minimum atomic E-state index is -4.26. The Kier molecular flexibility index (Phi) is 8.30. The van der Waals surface area contributed by atoms with Crippen molar-refractivity contribution in [1.29, 1.82) is 0 Å². The van der Waals surface area contributed by atoms with E-state index in [-0.39, 0.29) is 16.0 Å². The molecule has 1 rings (SSSR count). The van der Waals surface area contributed by atoms with Crippen LogP contribution in [0.2, 0.25) is 18.1 Å². The van der Waals surface area contributed by atoms with E-state index in [4.69, 9.17) is 4.43 Å². The predicted molar refractivity (Wildman–Crippen MR) is 115 cm³/mol. The first kappa shape index (κ1) is 24.3. The number of hydrogen-bond acceptors (Lipinski definition) is 3. The average Bonchev–Trinajstić information content (AvgIpc) is 2.51. The summed E-state index contributed by atoms with van der Waals surface area (Å²) in [5, 5.41) is 0.0603. The number of hydrogen-bond donors (Lipinski definition) is 1. The smallest absolute Gasteiger partial charge is 0.294 e. The van der Waals surface area contributed by atoms with Gasteiger partial charge in [-0.25, -0.2) is 0 Å². The van der Waals surface area contributed by atoms with Crippen LogP contribution < -0.4 is 0 Å². The summed E-state index contributed by atoms with van der Waals surface area (Å²) in [6.45, 7) is 17.1. The first-order valence-electron chi connectivity index (χ1n) is 10.0. The Morgan fingerprint density at radius 1 is 1.11 bits per heavy atom. The molecule has 0 aliphatic heterocycles. The molecule has 1 aromatic carbocycles. The summed E-state index contributed by atoms with van der Waals surface area (Å²) in [4.78, 5) is -0.0180. The lowest BCUT2D eigenvalue weighted by molar-refractivity contribution is 0.105. The first-order chi connectivity index (χ1) is 12.2. The van der Waals surface area contributed by atoms with E-state index in [0.717, 1.165) is 31.2 Å². The molecule has 27 heavy (non-hydrogen) atoms. The van der Waals surface area contributed by atoms with Crippen LogP contribution in [0.1, 0.15) is 77.5 Å². The monoisotopic (exact) mass is 414 g/mol. The van der Waals surface area contributed by atoms with Crippen LogP contribution in [0.15, 0.2) is 23.1 Å². The van der Waals surface area contributed by atoms with Gasteiger partial charge < -0.3 is 4.43 Å². The van der Waals surface area contributed by atoms with E-state index in [2.05, 4.69) is 47.7 Å². The van der Waals surface area contributed by atoms with E-state index < -0.39 is 18.4 Å². The highest BCUT2D eigenvalue weighted by Crippen LogP contribution is 2.43. The molecule has 1 aromatic rings. The SMILES string of the molecule is CCCC(CCC)C(O[Si](C)(C)C(C)(C)C)c1ccc(C)c(S(=O)(=O)O)c1. The number of aryl methyl sites for hydroxylation is 1. The van der Waals surface area contributed by atoms with Crippen LogP contribution in [-0.4, -0.2) is 21.3 Å². The van der Waals surface area contributed by atoms with E-state index >= 15 is 0 Å². The third-order valence-corrected chi connectivity index (χ3v) is 11.2. The molecule has 0 aliphatic carbocycles. The number of rotatable bonds is 9. The van der Waals surface area contributed by atoms with E-state index in [1.165, 1.54) is 0 Å². The Morgan fingerprint density at radius 2 is 1.63 bits per heavy atom. The molecule has 0 heterocycles. The lowest BCUT2D eigenvalue weighted by Crippen LogP contribution is -2.43. The summed E-state index contributed by atoms with van der Waals surface area (Å²) < 4.78 is 40.1. The molecule has 156 valence electrons. The lowest BCUT2D eigenvalue weighted by Gasteiger charge is -2.42. The van der Waals surface area contributed by atoms with Gasteiger partial charge in [0.2, 0.25) is 0 Å². The van der Waals surface area contributed by atoms with Gasteiger partial charge in [-0.15, -0.1) is 0 Å². The van der Waals surface area contributed by atoms with Crippen molar-refractivity contribution in [2.75, 3.05) is 0 Å². The minimum Gasteiger partial charge on any atom is -0.410 e. The van der Waals surface area contributed by atoms with Crippen LogP contribution in [-0.2, 0) is 14.5 Å². The number of benzene rings is 1. The summed E-state index contributed by atoms with van der Waals surface area (Å²) >= 11 is 0. The molecule has 0 radical (unpaired) electrons. The van der Waals surface area contributed by atoms with Gasteiger partial charge in [-0.05, 0) is 61.0 Å². The molecule has 0 fully saturated rings. The normalized spacial score (nSPS) is 14.6. The van der Waals surface area contributed by atoms with Gasteiger partial charge in [0, 0.05) is 0 Å². The highest BCUT2D eigenvalue weighted by molar-refractivity contribution is 7.85. The van der Waals surface area contributed by atoms with E-state index in [0.29, 0.717) is 11.5 Å². The fourth-order valence-corrected chi connectivity index (χ4v) is 5.27. The van der Waals surface area contributed by atoms with E-state index in [9.17, 15) is 13.0 Å². The summed E-state index contributed by atoms with van der Waals surface area (Å²) in [6.07, 6.45) is 4.01. The van der Waals surface area contributed by atoms with Crippen molar-refractivity contribution >= 4 is 18.4 Å². The third-order valence-electron chi connectivity index (χ3n) is 5.79. The highest BCUT2D eigenvalue weighted by atomic mass is 32.2. The summed E-state index contributed by atoms with van der Waals surface area (Å²) in [5.74, 6) is 0.325. The topological polar surface area (TPSA) is 63.6 Å². The van der Waals surface area contributed by atoms with Crippen LogP contribution >= 0.6 is 0 Å². The van der Waals surface area contributed by atoms with Gasteiger partial charge in [0.1, 0.15) is 0 Å². The standard InChI is InChI=1S/C21H38O4SSi/c1-9-11-17(12-10-2)20(25-27(7,8)21(4,5)6)18-14-13-16(3)19(15-18)26(22,23)24/h13-15,17,20H,9-12H2,1-8H3,(H,22,23,24). The second-order valence-corrected chi connectivity index (χ2v) is 15.3. The van der Waals surface area contributed by atoms with Gasteiger partial charge in [0.15, 0.2) is 8.32 Å². The predicted octanol–water partition coefficient (Wildman–Crippen LogP) is 6.52. The van der Waals surface area contributed by atoms with E-state index in [1.807, 2.05) is 6.07 Å². The third kappa shape index (κ3) is 6.41. The quantitative estimate of drug-likeness (QED) is 0.369. The fourth-order valence-electron chi connectivity index (χ4n) is 3.19. The highest BCUT2D eigenvalue weighted by Gasteiger charge is 2.41. The van der Waals surface area contributed by atoms with Crippen LogP contribution in [0.25, 0.3) is 0 Å². The van der Waals surface area contributed by atoms with Gasteiger partial charge in [0.25, 0.3) is 10.1 Å². The molecule has 0 bridgehead atoms. The molecule has 0 spiro atoms. The molecule has 0 aliphatic rings. The maximum Gasteiger partial charge on any atom is 0.294 e. The summed E-state index contributed by atoms with van der Waals surface area (Å²) in [5.41, 5.74) is 1.40. The van der Waals surface area contributed by atoms with Gasteiger partial charge in [0.05, 0.1) is 11.0 Å². The van der Waals surface area contributed by atoms with Gasteiger partial charge in [-0.2, -0.15) is 8.42 Å². The molecule has 0 amide bonds.